The Balaban J connectivity index is 2.11. The highest BCUT2D eigenvalue weighted by molar-refractivity contribution is 5.97. The molecule has 1 amide bonds. The van der Waals surface area contributed by atoms with E-state index in [1.165, 1.54) is 7.11 Å². The van der Waals surface area contributed by atoms with Gasteiger partial charge in [-0.1, -0.05) is 23.8 Å². The third-order valence-electron chi connectivity index (χ3n) is 5.24. The molecule has 0 aromatic heterocycles. The summed E-state index contributed by atoms with van der Waals surface area (Å²) in [5.41, 5.74) is 2.49. The van der Waals surface area contributed by atoms with Crippen molar-refractivity contribution in [2.75, 3.05) is 25.7 Å². The monoisotopic (exact) mass is 408 g/mol. The van der Waals surface area contributed by atoms with Crippen molar-refractivity contribution >= 4 is 17.6 Å². The lowest BCUT2D eigenvalue weighted by molar-refractivity contribution is -0.149. The molecule has 0 bridgehead atoms. The van der Waals surface area contributed by atoms with E-state index < -0.39 is 17.9 Å². The van der Waals surface area contributed by atoms with Crippen LogP contribution in [0.2, 0.25) is 0 Å². The molecule has 0 spiro atoms. The predicted octanol–water partition coefficient (Wildman–Crippen LogP) is 3.56. The third kappa shape index (κ3) is 4.23. The second-order valence-electron chi connectivity index (χ2n) is 7.07. The van der Waals surface area contributed by atoms with Crippen molar-refractivity contribution in [3.63, 3.8) is 0 Å². The summed E-state index contributed by atoms with van der Waals surface area (Å²) >= 11 is 0. The fraction of sp³-hybridized carbons (Fsp3) is 0.348. The minimum absolute atomic E-state index is 0.0806. The Labute approximate surface area is 175 Å². The van der Waals surface area contributed by atoms with Gasteiger partial charge in [0.1, 0.15) is 6.07 Å². The Hall–Kier alpha value is -3.53. The maximum Gasteiger partial charge on any atom is 0.312 e. The summed E-state index contributed by atoms with van der Waals surface area (Å²) < 4.78 is 15.9. The molecule has 30 heavy (non-hydrogen) atoms. The number of nitriles is 1. The van der Waals surface area contributed by atoms with Gasteiger partial charge in [-0.2, -0.15) is 5.26 Å². The number of hydrogen-bond acceptors (Lipinski definition) is 6. The number of methoxy groups -OCH3 is 2. The van der Waals surface area contributed by atoms with Crippen LogP contribution >= 0.6 is 0 Å². The van der Waals surface area contributed by atoms with Crippen LogP contribution in [0.25, 0.3) is 0 Å². The Bertz CT molecular complexity index is 965. The Morgan fingerprint density at radius 3 is 2.47 bits per heavy atom. The Kier molecular flexibility index (Phi) is 6.58. The van der Waals surface area contributed by atoms with Crippen LogP contribution in [-0.4, -0.2) is 32.7 Å². The molecular weight excluding hydrogens is 384 g/mol. The largest absolute Gasteiger partial charge is 0.493 e. The van der Waals surface area contributed by atoms with Crippen molar-refractivity contribution in [3.05, 3.63) is 53.6 Å². The maximum absolute atomic E-state index is 13.0. The summed E-state index contributed by atoms with van der Waals surface area (Å²) in [4.78, 5) is 27.4. The Morgan fingerprint density at radius 1 is 1.13 bits per heavy atom. The van der Waals surface area contributed by atoms with Gasteiger partial charge in [0.25, 0.3) is 0 Å². The van der Waals surface area contributed by atoms with Gasteiger partial charge in [-0.25, -0.2) is 0 Å². The maximum atomic E-state index is 13.0. The number of anilines is 1. The normalized spacial score (nSPS) is 18.5. The van der Waals surface area contributed by atoms with E-state index in [-0.39, 0.29) is 18.9 Å². The van der Waals surface area contributed by atoms with E-state index in [1.807, 2.05) is 43.3 Å². The molecule has 1 saturated heterocycles. The van der Waals surface area contributed by atoms with E-state index in [4.69, 9.17) is 19.5 Å². The van der Waals surface area contributed by atoms with Gasteiger partial charge in [0, 0.05) is 12.1 Å². The molecule has 1 fully saturated rings. The van der Waals surface area contributed by atoms with Crippen LogP contribution in [0.5, 0.6) is 11.5 Å². The fourth-order valence-electron chi connectivity index (χ4n) is 3.78. The first-order chi connectivity index (χ1) is 14.5. The molecule has 3 rings (SSSR count). The lowest BCUT2D eigenvalue weighted by Gasteiger charge is -2.40. The SMILES string of the molecule is COc1ccc([C@H]2[C@H](C(=O)OCC#N)CCC(=O)N2c2ccc(C)cc2)cc1OC. The van der Waals surface area contributed by atoms with Gasteiger partial charge in [0.2, 0.25) is 5.91 Å². The zero-order chi connectivity index (χ0) is 21.7. The topological polar surface area (TPSA) is 88.9 Å². The van der Waals surface area contributed by atoms with Crippen molar-refractivity contribution in [3.8, 4) is 17.6 Å². The van der Waals surface area contributed by atoms with E-state index in [9.17, 15) is 9.59 Å². The first kappa shape index (κ1) is 21.2. The number of carbonyl (C=O) groups is 2. The fourth-order valence-corrected chi connectivity index (χ4v) is 3.78. The van der Waals surface area contributed by atoms with Gasteiger partial charge < -0.3 is 19.1 Å². The van der Waals surface area contributed by atoms with Crippen LogP contribution in [0.1, 0.15) is 30.0 Å². The number of ether oxygens (including phenoxy) is 3. The number of esters is 1. The quantitative estimate of drug-likeness (QED) is 0.679. The van der Waals surface area contributed by atoms with Gasteiger partial charge in [-0.15, -0.1) is 0 Å². The van der Waals surface area contributed by atoms with E-state index in [0.717, 1.165) is 11.1 Å². The van der Waals surface area contributed by atoms with Crippen molar-refractivity contribution in [1.82, 2.24) is 0 Å². The van der Waals surface area contributed by atoms with Gasteiger partial charge >= 0.3 is 5.97 Å². The zero-order valence-electron chi connectivity index (χ0n) is 17.3. The van der Waals surface area contributed by atoms with E-state index in [2.05, 4.69) is 0 Å². The highest BCUT2D eigenvalue weighted by Crippen LogP contribution is 2.42. The molecule has 7 heteroatoms. The van der Waals surface area contributed by atoms with Gasteiger partial charge in [0.15, 0.2) is 18.1 Å². The van der Waals surface area contributed by atoms with Crippen molar-refractivity contribution in [2.45, 2.75) is 25.8 Å². The van der Waals surface area contributed by atoms with Gasteiger partial charge in [-0.05, 0) is 43.2 Å². The molecule has 0 saturated carbocycles. The van der Waals surface area contributed by atoms with E-state index in [1.54, 1.807) is 24.1 Å². The predicted molar refractivity (Wildman–Crippen MR) is 110 cm³/mol. The standard InChI is InChI=1S/C23H24N2O5/c1-15-4-7-17(8-5-15)25-21(26)11-9-18(23(27)30-13-12-24)22(25)16-6-10-19(28-2)20(14-16)29-3/h4-8,10,14,18,22H,9,11,13H2,1-3H3/t18-,22+/m1/s1. The summed E-state index contributed by atoms with van der Waals surface area (Å²) in [6.45, 7) is 1.64. The van der Waals surface area contributed by atoms with Crippen LogP contribution in [0.15, 0.2) is 42.5 Å². The van der Waals surface area contributed by atoms with Crippen molar-refractivity contribution < 1.29 is 23.8 Å². The summed E-state index contributed by atoms with van der Waals surface area (Å²) in [7, 11) is 3.08. The highest BCUT2D eigenvalue weighted by Gasteiger charge is 2.42. The van der Waals surface area contributed by atoms with E-state index in [0.29, 0.717) is 23.6 Å². The molecule has 1 aliphatic heterocycles. The summed E-state index contributed by atoms with van der Waals surface area (Å²) in [6, 6.07) is 14.1. The number of aryl methyl sites for hydroxylation is 1. The number of benzene rings is 2. The zero-order valence-corrected chi connectivity index (χ0v) is 17.3. The highest BCUT2D eigenvalue weighted by atomic mass is 16.5. The number of nitrogens with zero attached hydrogens (tertiary/aromatic N) is 2. The minimum Gasteiger partial charge on any atom is -0.493 e. The number of amides is 1. The number of piperidine rings is 1. The molecule has 0 N–H and O–H groups in total. The van der Waals surface area contributed by atoms with Gasteiger partial charge in [-0.3, -0.25) is 9.59 Å². The summed E-state index contributed by atoms with van der Waals surface area (Å²) in [5.74, 6) is -0.144. The lowest BCUT2D eigenvalue weighted by Crippen LogP contribution is -2.46. The average molecular weight is 408 g/mol. The molecular formula is C23H24N2O5. The summed E-state index contributed by atoms with van der Waals surface area (Å²) in [5, 5.41) is 8.80. The van der Waals surface area contributed by atoms with Crippen LogP contribution in [0.4, 0.5) is 5.69 Å². The Morgan fingerprint density at radius 2 is 1.83 bits per heavy atom. The number of carbonyl (C=O) groups excluding carboxylic acids is 2. The molecule has 0 aliphatic carbocycles. The van der Waals surface area contributed by atoms with Crippen LogP contribution < -0.4 is 14.4 Å². The van der Waals surface area contributed by atoms with E-state index >= 15 is 0 Å². The molecule has 1 heterocycles. The van der Waals surface area contributed by atoms with Crippen molar-refractivity contribution in [2.24, 2.45) is 5.92 Å². The molecule has 1 aliphatic rings. The third-order valence-corrected chi connectivity index (χ3v) is 5.24. The first-order valence-electron chi connectivity index (χ1n) is 9.64. The average Bonchev–Trinajstić information content (AvgIpc) is 2.77. The molecule has 7 nitrogen and oxygen atoms in total. The van der Waals surface area contributed by atoms with Crippen LogP contribution in [0, 0.1) is 24.2 Å². The molecule has 156 valence electrons. The van der Waals surface area contributed by atoms with Crippen molar-refractivity contribution in [1.29, 1.82) is 5.26 Å². The minimum atomic E-state index is -0.615. The molecule has 2 aromatic rings. The van der Waals surface area contributed by atoms with Crippen LogP contribution in [0.3, 0.4) is 0 Å². The molecule has 0 radical (unpaired) electrons. The second-order valence-corrected chi connectivity index (χ2v) is 7.07. The van der Waals surface area contributed by atoms with Crippen LogP contribution in [-0.2, 0) is 14.3 Å². The number of rotatable bonds is 6. The molecule has 2 atom stereocenters. The second kappa shape index (κ2) is 9.31. The number of hydrogen-bond donors (Lipinski definition) is 0. The first-order valence-corrected chi connectivity index (χ1v) is 9.64. The molecule has 2 aromatic carbocycles. The summed E-state index contributed by atoms with van der Waals surface area (Å²) in [6.07, 6.45) is 0.550. The molecule has 0 unspecified atom stereocenters. The smallest absolute Gasteiger partial charge is 0.312 e. The van der Waals surface area contributed by atoms with Gasteiger partial charge in [0.05, 0.1) is 26.2 Å². The lowest BCUT2D eigenvalue weighted by atomic mass is 9.83.